The molecule has 7 heteroatoms. The Morgan fingerprint density at radius 2 is 1.79 bits per heavy atom. The van der Waals surface area contributed by atoms with Gasteiger partial charge in [0.15, 0.2) is 0 Å². The predicted molar refractivity (Wildman–Crippen MR) is 126 cm³/mol. The van der Waals surface area contributed by atoms with E-state index in [2.05, 4.69) is 9.88 Å². The Bertz CT molecular complexity index is 990. The first-order valence-electron chi connectivity index (χ1n) is 12.0. The summed E-state index contributed by atoms with van der Waals surface area (Å²) in [6.07, 6.45) is 3.41. The van der Waals surface area contributed by atoms with Crippen molar-refractivity contribution in [2.24, 2.45) is 11.3 Å². The van der Waals surface area contributed by atoms with E-state index in [1.165, 1.54) is 0 Å². The second kappa shape index (κ2) is 9.14. The molecular formula is C26H32N4O3. The summed E-state index contributed by atoms with van der Waals surface area (Å²) in [6, 6.07) is 13.7. The molecule has 2 atom stereocenters. The largest absolute Gasteiger partial charge is 0.378 e. The Labute approximate surface area is 195 Å². The van der Waals surface area contributed by atoms with E-state index in [-0.39, 0.29) is 17.7 Å². The molecule has 0 unspecified atom stereocenters. The number of likely N-dealkylation sites (tertiary alicyclic amines) is 1. The lowest BCUT2D eigenvalue weighted by Crippen LogP contribution is -2.53. The number of carbonyl (C=O) groups is 2. The molecule has 0 spiro atoms. The number of hydrogen-bond donors (Lipinski definition) is 0. The zero-order valence-electron chi connectivity index (χ0n) is 19.3. The molecule has 3 aliphatic heterocycles. The minimum atomic E-state index is -0.503. The quantitative estimate of drug-likeness (QED) is 0.722. The topological polar surface area (TPSA) is 66.0 Å². The number of amides is 2. The van der Waals surface area contributed by atoms with Gasteiger partial charge in [0.1, 0.15) is 5.82 Å². The molecule has 0 saturated carbocycles. The number of rotatable bonds is 3. The van der Waals surface area contributed by atoms with Crippen LogP contribution in [0.15, 0.2) is 48.7 Å². The number of pyridine rings is 1. The van der Waals surface area contributed by atoms with Gasteiger partial charge in [-0.15, -0.1) is 0 Å². The molecule has 5 rings (SSSR count). The number of morpholine rings is 1. The van der Waals surface area contributed by atoms with Gasteiger partial charge in [-0.2, -0.15) is 0 Å². The molecule has 0 N–H and O–H groups in total. The third kappa shape index (κ3) is 4.22. The number of anilines is 1. The van der Waals surface area contributed by atoms with Gasteiger partial charge in [0.25, 0.3) is 5.91 Å². The van der Waals surface area contributed by atoms with Crippen LogP contribution in [-0.2, 0) is 9.53 Å². The highest BCUT2D eigenvalue weighted by molar-refractivity contribution is 5.94. The van der Waals surface area contributed by atoms with Crippen LogP contribution >= 0.6 is 0 Å². The maximum Gasteiger partial charge on any atom is 0.253 e. The van der Waals surface area contributed by atoms with Crippen LogP contribution in [0, 0.1) is 18.3 Å². The molecule has 3 fully saturated rings. The van der Waals surface area contributed by atoms with Crippen LogP contribution in [0.3, 0.4) is 0 Å². The number of ether oxygens (including phenoxy) is 1. The molecule has 3 aliphatic rings. The molecular weight excluding hydrogens is 416 g/mol. The molecule has 0 aliphatic carbocycles. The lowest BCUT2D eigenvalue weighted by Gasteiger charge is -2.38. The standard InChI is InChI=1S/C26H32N4O3/c1-20-6-8-21(9-7-20)24(31)29-12-4-10-26(25(32)28-13-15-33-16-14-28)19-30(18-22(26)17-29)23-5-2-3-11-27-23/h2-3,5-9,11,22H,4,10,12-19H2,1H3/t22-,26-/m1/s1. The summed E-state index contributed by atoms with van der Waals surface area (Å²) in [5, 5.41) is 0. The van der Waals surface area contributed by atoms with Gasteiger partial charge < -0.3 is 19.4 Å². The average molecular weight is 449 g/mol. The van der Waals surface area contributed by atoms with Crippen molar-refractivity contribution in [2.75, 3.05) is 57.4 Å². The summed E-state index contributed by atoms with van der Waals surface area (Å²) in [5.74, 6) is 1.24. The Morgan fingerprint density at radius 3 is 2.52 bits per heavy atom. The van der Waals surface area contributed by atoms with Gasteiger partial charge in [0, 0.05) is 56.9 Å². The van der Waals surface area contributed by atoms with Crippen LogP contribution in [-0.4, -0.2) is 79.1 Å². The average Bonchev–Trinajstić information content (AvgIpc) is 3.13. The van der Waals surface area contributed by atoms with E-state index in [0.717, 1.165) is 30.8 Å². The fourth-order valence-corrected chi connectivity index (χ4v) is 5.64. The molecule has 174 valence electrons. The zero-order chi connectivity index (χ0) is 22.8. The normalized spacial score (nSPS) is 25.5. The summed E-state index contributed by atoms with van der Waals surface area (Å²) in [6.45, 7) is 7.14. The van der Waals surface area contributed by atoms with Crippen LogP contribution < -0.4 is 4.90 Å². The summed E-state index contributed by atoms with van der Waals surface area (Å²) in [5.41, 5.74) is 1.35. The summed E-state index contributed by atoms with van der Waals surface area (Å²) < 4.78 is 5.50. The maximum atomic E-state index is 14.0. The van der Waals surface area contributed by atoms with Gasteiger partial charge in [0.05, 0.1) is 18.6 Å². The first-order valence-corrected chi connectivity index (χ1v) is 12.0. The number of nitrogens with zero attached hydrogens (tertiary/aromatic N) is 4. The third-order valence-corrected chi connectivity index (χ3v) is 7.47. The minimum absolute atomic E-state index is 0.0564. The van der Waals surface area contributed by atoms with Crippen molar-refractivity contribution in [2.45, 2.75) is 19.8 Å². The van der Waals surface area contributed by atoms with Crippen LogP contribution in [0.25, 0.3) is 0 Å². The fourth-order valence-electron chi connectivity index (χ4n) is 5.64. The number of benzene rings is 1. The first kappa shape index (κ1) is 21.9. The first-order chi connectivity index (χ1) is 16.1. The Balaban J connectivity index is 1.44. The van der Waals surface area contributed by atoms with Gasteiger partial charge >= 0.3 is 0 Å². The maximum absolute atomic E-state index is 14.0. The Morgan fingerprint density at radius 1 is 1.00 bits per heavy atom. The number of carbonyl (C=O) groups excluding carboxylic acids is 2. The summed E-state index contributed by atoms with van der Waals surface area (Å²) >= 11 is 0. The second-order valence-electron chi connectivity index (χ2n) is 9.55. The lowest BCUT2D eigenvalue weighted by atomic mass is 9.73. The second-order valence-corrected chi connectivity index (χ2v) is 9.55. The highest BCUT2D eigenvalue weighted by Gasteiger charge is 2.55. The van der Waals surface area contributed by atoms with Crippen molar-refractivity contribution in [3.05, 3.63) is 59.8 Å². The van der Waals surface area contributed by atoms with Gasteiger partial charge in [-0.25, -0.2) is 4.98 Å². The fraction of sp³-hybridized carbons (Fsp3) is 0.500. The number of hydrogen-bond acceptors (Lipinski definition) is 5. The molecule has 7 nitrogen and oxygen atoms in total. The van der Waals surface area contributed by atoms with Crippen molar-refractivity contribution in [3.8, 4) is 0 Å². The Kier molecular flexibility index (Phi) is 6.06. The van der Waals surface area contributed by atoms with E-state index < -0.39 is 5.41 Å². The van der Waals surface area contributed by atoms with Gasteiger partial charge in [-0.05, 0) is 44.0 Å². The highest BCUT2D eigenvalue weighted by Crippen LogP contribution is 2.45. The van der Waals surface area contributed by atoms with Crippen LogP contribution in [0.5, 0.6) is 0 Å². The van der Waals surface area contributed by atoms with E-state index in [0.29, 0.717) is 51.5 Å². The number of aromatic nitrogens is 1. The summed E-state index contributed by atoms with van der Waals surface area (Å²) in [7, 11) is 0. The van der Waals surface area contributed by atoms with Crippen molar-refractivity contribution in [1.29, 1.82) is 0 Å². The van der Waals surface area contributed by atoms with Gasteiger partial charge in [-0.1, -0.05) is 23.8 Å². The molecule has 1 aromatic carbocycles. The molecule has 4 heterocycles. The Hall–Kier alpha value is -2.93. The minimum Gasteiger partial charge on any atom is -0.378 e. The van der Waals surface area contributed by atoms with Gasteiger partial charge in [-0.3, -0.25) is 9.59 Å². The highest BCUT2D eigenvalue weighted by atomic mass is 16.5. The van der Waals surface area contributed by atoms with E-state index >= 15 is 0 Å². The van der Waals surface area contributed by atoms with Crippen LogP contribution in [0.4, 0.5) is 5.82 Å². The van der Waals surface area contributed by atoms with Crippen molar-refractivity contribution in [1.82, 2.24) is 14.8 Å². The number of aryl methyl sites for hydroxylation is 1. The van der Waals surface area contributed by atoms with Crippen molar-refractivity contribution < 1.29 is 14.3 Å². The van der Waals surface area contributed by atoms with Gasteiger partial charge in [0.2, 0.25) is 5.91 Å². The molecule has 2 aromatic rings. The van der Waals surface area contributed by atoms with E-state index in [1.54, 1.807) is 6.20 Å². The molecule has 3 saturated heterocycles. The molecule has 1 aromatic heterocycles. The molecule has 0 radical (unpaired) electrons. The monoisotopic (exact) mass is 448 g/mol. The van der Waals surface area contributed by atoms with Crippen molar-refractivity contribution in [3.63, 3.8) is 0 Å². The zero-order valence-corrected chi connectivity index (χ0v) is 19.3. The molecule has 0 bridgehead atoms. The molecule has 2 amide bonds. The summed E-state index contributed by atoms with van der Waals surface area (Å²) in [4.78, 5) is 38.1. The van der Waals surface area contributed by atoms with Crippen LogP contribution in [0.1, 0.15) is 28.8 Å². The van der Waals surface area contributed by atoms with E-state index in [9.17, 15) is 9.59 Å². The SMILES string of the molecule is Cc1ccc(C(=O)N2CCC[C@@]3(C(=O)N4CCOCC4)CN(c4ccccn4)C[C@H]3C2)cc1. The third-order valence-electron chi connectivity index (χ3n) is 7.47. The van der Waals surface area contributed by atoms with Crippen molar-refractivity contribution >= 4 is 17.6 Å². The lowest BCUT2D eigenvalue weighted by molar-refractivity contribution is -0.148. The van der Waals surface area contributed by atoms with E-state index in [4.69, 9.17) is 4.74 Å². The molecule has 33 heavy (non-hydrogen) atoms. The smallest absolute Gasteiger partial charge is 0.253 e. The number of fused-ring (bicyclic) bond motifs is 1. The predicted octanol–water partition coefficient (Wildman–Crippen LogP) is 2.61. The van der Waals surface area contributed by atoms with E-state index in [1.807, 2.05) is 59.2 Å². The van der Waals surface area contributed by atoms with Crippen LogP contribution in [0.2, 0.25) is 0 Å².